The lowest BCUT2D eigenvalue weighted by Crippen LogP contribution is -2.29. The largest absolute Gasteiger partial charge is 0.465 e. The molecule has 2 rings (SSSR count). The second kappa shape index (κ2) is 9.27. The highest BCUT2D eigenvalue weighted by atomic mass is 16.5. The molecule has 132 valence electrons. The van der Waals surface area contributed by atoms with Crippen LogP contribution in [0.2, 0.25) is 0 Å². The monoisotopic (exact) mass is 334 g/mol. The number of hydrogen-bond acceptors (Lipinski definition) is 4. The van der Waals surface area contributed by atoms with Crippen molar-refractivity contribution in [1.29, 1.82) is 0 Å². The minimum atomic E-state index is -0.389. The van der Waals surface area contributed by atoms with Gasteiger partial charge in [-0.2, -0.15) is 0 Å². The van der Waals surface area contributed by atoms with E-state index in [4.69, 9.17) is 4.74 Å². The number of methoxy groups -OCH3 is 1. The van der Waals surface area contributed by atoms with Crippen LogP contribution in [-0.2, 0) is 9.47 Å². The Hall–Kier alpha value is -2.08. The van der Waals surface area contributed by atoms with Crippen LogP contribution in [0.4, 0.5) is 10.5 Å². The number of rotatable bonds is 7. The quantitative estimate of drug-likeness (QED) is 0.593. The Morgan fingerprint density at radius 3 is 2.83 bits per heavy atom. The zero-order valence-corrected chi connectivity index (χ0v) is 14.4. The van der Waals surface area contributed by atoms with Crippen molar-refractivity contribution in [3.05, 3.63) is 29.3 Å². The summed E-state index contributed by atoms with van der Waals surface area (Å²) in [5.74, 6) is -0.389. The molecule has 1 fully saturated rings. The molecule has 0 spiro atoms. The average Bonchev–Trinajstić information content (AvgIpc) is 3.09. The van der Waals surface area contributed by atoms with Crippen LogP contribution < -0.4 is 10.6 Å². The molecule has 0 radical (unpaired) electrons. The fourth-order valence-electron chi connectivity index (χ4n) is 2.79. The Morgan fingerprint density at radius 1 is 1.33 bits per heavy atom. The van der Waals surface area contributed by atoms with E-state index in [1.54, 1.807) is 18.2 Å². The van der Waals surface area contributed by atoms with E-state index < -0.39 is 0 Å². The van der Waals surface area contributed by atoms with Crippen LogP contribution in [-0.4, -0.2) is 38.4 Å². The van der Waals surface area contributed by atoms with E-state index in [1.807, 2.05) is 6.92 Å². The van der Waals surface area contributed by atoms with Gasteiger partial charge >= 0.3 is 12.0 Å². The number of urea groups is 1. The molecule has 0 bridgehead atoms. The molecular formula is C18H26N2O4. The molecule has 1 aliphatic rings. The number of hydrogen-bond donors (Lipinski definition) is 2. The first-order valence-electron chi connectivity index (χ1n) is 8.45. The summed E-state index contributed by atoms with van der Waals surface area (Å²) in [4.78, 5) is 23.4. The van der Waals surface area contributed by atoms with E-state index in [-0.39, 0.29) is 12.0 Å². The fraction of sp³-hybridized carbons (Fsp3) is 0.556. The molecular weight excluding hydrogens is 308 g/mol. The molecule has 1 aliphatic heterocycles. The molecule has 0 aliphatic carbocycles. The van der Waals surface area contributed by atoms with Gasteiger partial charge in [0.15, 0.2) is 0 Å². The fourth-order valence-corrected chi connectivity index (χ4v) is 2.79. The van der Waals surface area contributed by atoms with Gasteiger partial charge in [-0.1, -0.05) is 0 Å². The van der Waals surface area contributed by atoms with Gasteiger partial charge < -0.3 is 20.1 Å². The molecule has 1 aromatic carbocycles. The maximum absolute atomic E-state index is 11.9. The Balaban J connectivity index is 1.69. The Morgan fingerprint density at radius 2 is 2.17 bits per heavy atom. The standard InChI is InChI=1S/C18H26N2O4/c1-13-12-14(17(21)23-2)8-9-16(13)20-18(22)19-10-4-3-6-15-7-5-11-24-15/h8-9,12,15H,3-7,10-11H2,1-2H3,(H2,19,20,22). The van der Waals surface area contributed by atoms with Crippen molar-refractivity contribution in [2.45, 2.75) is 45.1 Å². The SMILES string of the molecule is COC(=O)c1ccc(NC(=O)NCCCCC2CCCO2)c(C)c1. The average molecular weight is 334 g/mol. The van der Waals surface area contributed by atoms with Gasteiger partial charge in [-0.05, 0) is 62.8 Å². The van der Waals surface area contributed by atoms with Crippen LogP contribution in [0.5, 0.6) is 0 Å². The van der Waals surface area contributed by atoms with Crippen LogP contribution in [0.25, 0.3) is 0 Å². The van der Waals surface area contributed by atoms with Crippen molar-refractivity contribution in [3.63, 3.8) is 0 Å². The van der Waals surface area contributed by atoms with E-state index in [1.165, 1.54) is 13.5 Å². The Kier molecular flexibility index (Phi) is 7.06. The molecule has 2 N–H and O–H groups in total. The van der Waals surface area contributed by atoms with E-state index in [2.05, 4.69) is 15.4 Å². The summed E-state index contributed by atoms with van der Waals surface area (Å²) in [6.07, 6.45) is 5.80. The second-order valence-corrected chi connectivity index (χ2v) is 6.03. The third-order valence-corrected chi connectivity index (χ3v) is 4.16. The molecule has 1 aromatic rings. The van der Waals surface area contributed by atoms with Crippen molar-refractivity contribution in [3.8, 4) is 0 Å². The number of benzene rings is 1. The summed E-state index contributed by atoms with van der Waals surface area (Å²) in [6, 6.07) is 4.80. The summed E-state index contributed by atoms with van der Waals surface area (Å²) in [7, 11) is 1.34. The predicted molar refractivity (Wildman–Crippen MR) is 92.4 cm³/mol. The molecule has 0 saturated carbocycles. The molecule has 6 nitrogen and oxygen atoms in total. The minimum Gasteiger partial charge on any atom is -0.465 e. The number of anilines is 1. The summed E-state index contributed by atoms with van der Waals surface area (Å²) >= 11 is 0. The van der Waals surface area contributed by atoms with Crippen LogP contribution in [0.15, 0.2) is 18.2 Å². The van der Waals surface area contributed by atoms with Gasteiger partial charge in [0.1, 0.15) is 0 Å². The van der Waals surface area contributed by atoms with Crippen LogP contribution in [0.1, 0.15) is 48.0 Å². The first-order valence-corrected chi connectivity index (χ1v) is 8.45. The predicted octanol–water partition coefficient (Wildman–Crippen LogP) is 3.25. The van der Waals surface area contributed by atoms with E-state index in [0.29, 0.717) is 23.9 Å². The summed E-state index contributed by atoms with van der Waals surface area (Å²) in [5, 5.41) is 5.65. The summed E-state index contributed by atoms with van der Waals surface area (Å²) in [6.45, 7) is 3.36. The zero-order chi connectivity index (χ0) is 17.4. The topological polar surface area (TPSA) is 76.7 Å². The first-order chi connectivity index (χ1) is 11.6. The Labute approximate surface area is 142 Å². The van der Waals surface area contributed by atoms with Gasteiger partial charge in [0.2, 0.25) is 0 Å². The highest BCUT2D eigenvalue weighted by molar-refractivity contribution is 5.93. The van der Waals surface area contributed by atoms with Crippen LogP contribution >= 0.6 is 0 Å². The van der Waals surface area contributed by atoms with Gasteiger partial charge in [0, 0.05) is 18.8 Å². The highest BCUT2D eigenvalue weighted by Crippen LogP contribution is 2.18. The molecule has 1 heterocycles. The van der Waals surface area contributed by atoms with E-state index >= 15 is 0 Å². The third-order valence-electron chi connectivity index (χ3n) is 4.16. The molecule has 1 unspecified atom stereocenters. The van der Waals surface area contributed by atoms with Crippen molar-refractivity contribution in [2.75, 3.05) is 25.6 Å². The maximum Gasteiger partial charge on any atom is 0.337 e. The number of carbonyl (C=O) groups excluding carboxylic acids is 2. The van der Waals surface area contributed by atoms with Gasteiger partial charge in [0.25, 0.3) is 0 Å². The Bertz CT molecular complexity index is 568. The lowest BCUT2D eigenvalue weighted by atomic mass is 10.1. The number of aryl methyl sites for hydroxylation is 1. The second-order valence-electron chi connectivity index (χ2n) is 6.03. The number of unbranched alkanes of at least 4 members (excludes halogenated alkanes) is 1. The van der Waals surface area contributed by atoms with Gasteiger partial charge in [-0.15, -0.1) is 0 Å². The van der Waals surface area contributed by atoms with E-state index in [0.717, 1.165) is 37.9 Å². The van der Waals surface area contributed by atoms with Crippen LogP contribution in [0, 0.1) is 6.92 Å². The first kappa shape index (κ1) is 18.3. The number of ether oxygens (including phenoxy) is 2. The summed E-state index contributed by atoms with van der Waals surface area (Å²) in [5.41, 5.74) is 1.96. The maximum atomic E-state index is 11.9. The third kappa shape index (κ3) is 5.53. The molecule has 0 aromatic heterocycles. The molecule has 6 heteroatoms. The molecule has 2 amide bonds. The summed E-state index contributed by atoms with van der Waals surface area (Å²) < 4.78 is 10.3. The van der Waals surface area contributed by atoms with Gasteiger partial charge in [-0.25, -0.2) is 9.59 Å². The lowest BCUT2D eigenvalue weighted by molar-refractivity contribution is 0.0600. The minimum absolute atomic E-state index is 0.235. The number of nitrogens with one attached hydrogen (secondary N) is 2. The van der Waals surface area contributed by atoms with E-state index in [9.17, 15) is 9.59 Å². The number of amides is 2. The van der Waals surface area contributed by atoms with Crippen LogP contribution in [0.3, 0.4) is 0 Å². The van der Waals surface area contributed by atoms with Crippen molar-refractivity contribution in [1.82, 2.24) is 5.32 Å². The molecule has 1 saturated heterocycles. The normalized spacial score (nSPS) is 16.7. The smallest absolute Gasteiger partial charge is 0.337 e. The molecule has 24 heavy (non-hydrogen) atoms. The molecule has 1 atom stereocenters. The lowest BCUT2D eigenvalue weighted by Gasteiger charge is -2.12. The number of esters is 1. The number of carbonyl (C=O) groups is 2. The van der Waals surface area contributed by atoms with Crippen molar-refractivity contribution in [2.24, 2.45) is 0 Å². The highest BCUT2D eigenvalue weighted by Gasteiger charge is 2.14. The van der Waals surface area contributed by atoms with Crippen molar-refractivity contribution < 1.29 is 19.1 Å². The zero-order valence-electron chi connectivity index (χ0n) is 14.4. The van der Waals surface area contributed by atoms with Crippen molar-refractivity contribution >= 4 is 17.7 Å². The van der Waals surface area contributed by atoms with Gasteiger partial charge in [0.05, 0.1) is 18.8 Å². The van der Waals surface area contributed by atoms with Gasteiger partial charge in [-0.3, -0.25) is 0 Å².